The van der Waals surface area contributed by atoms with Crippen molar-refractivity contribution in [3.8, 4) is 11.5 Å². The van der Waals surface area contributed by atoms with Crippen molar-refractivity contribution >= 4 is 11.9 Å². The summed E-state index contributed by atoms with van der Waals surface area (Å²) in [4.78, 5) is 29.9. The number of carbonyl (C=O) groups excluding carboxylic acids is 2. The van der Waals surface area contributed by atoms with Gasteiger partial charge in [0.1, 0.15) is 11.5 Å². The predicted octanol–water partition coefficient (Wildman–Crippen LogP) is 2.94. The topological polar surface area (TPSA) is 77.5 Å². The summed E-state index contributed by atoms with van der Waals surface area (Å²) in [7, 11) is 0. The number of allylic oxidation sites excluding steroid dienone is 2. The molecule has 2 fully saturated rings. The van der Waals surface area contributed by atoms with Crippen LogP contribution in [0.4, 0.5) is 0 Å². The molecule has 0 spiro atoms. The van der Waals surface area contributed by atoms with Gasteiger partial charge in [-0.1, -0.05) is 18.6 Å². The molecule has 1 aromatic rings. The molecule has 0 radical (unpaired) electrons. The predicted molar refractivity (Wildman–Crippen MR) is 132 cm³/mol. The van der Waals surface area contributed by atoms with Gasteiger partial charge < -0.3 is 18.9 Å². The normalized spacial score (nSPS) is 21.9. The zero-order chi connectivity index (χ0) is 24.6. The summed E-state index contributed by atoms with van der Waals surface area (Å²) >= 11 is 0. The van der Waals surface area contributed by atoms with Gasteiger partial charge in [0.05, 0.1) is 39.5 Å². The van der Waals surface area contributed by atoms with Gasteiger partial charge in [-0.15, -0.1) is 0 Å². The first kappa shape index (κ1) is 25.8. The Bertz CT molecular complexity index is 863. The molecule has 1 aliphatic carbocycles. The van der Waals surface area contributed by atoms with Gasteiger partial charge in [0.15, 0.2) is 0 Å². The lowest BCUT2D eigenvalue weighted by atomic mass is 9.84. The molecular weight excluding hydrogens is 448 g/mol. The standard InChI is InChI=1S/C27H38N2O6/c1-3-21-16-23(34-25(30)18-28-7-11-32-12-8-28)27(22-6-4-5-20(2)15-22)24(17-21)35-26(31)19-29-9-13-33-14-10-29/h15-17,22H,3-14,18-19H2,1-2H3. The highest BCUT2D eigenvalue weighted by Gasteiger charge is 2.27. The summed E-state index contributed by atoms with van der Waals surface area (Å²) in [5, 5.41) is 0. The van der Waals surface area contributed by atoms with Gasteiger partial charge in [0, 0.05) is 37.7 Å². The molecule has 0 N–H and O–H groups in total. The van der Waals surface area contributed by atoms with Crippen LogP contribution >= 0.6 is 0 Å². The molecule has 2 heterocycles. The summed E-state index contributed by atoms with van der Waals surface area (Å²) in [6, 6.07) is 3.87. The third-order valence-electron chi connectivity index (χ3n) is 6.88. The van der Waals surface area contributed by atoms with Crippen LogP contribution in [0, 0.1) is 0 Å². The number of esters is 2. The SMILES string of the molecule is CCc1cc(OC(=O)CN2CCOCC2)c(C2C=C(C)CCC2)c(OC(=O)CN2CCOCC2)c1. The highest BCUT2D eigenvalue weighted by Crippen LogP contribution is 2.43. The molecule has 35 heavy (non-hydrogen) atoms. The average Bonchev–Trinajstić information content (AvgIpc) is 2.85. The molecule has 8 heteroatoms. The number of hydrogen-bond acceptors (Lipinski definition) is 8. The second-order valence-electron chi connectivity index (χ2n) is 9.60. The first-order chi connectivity index (χ1) is 17.0. The van der Waals surface area contributed by atoms with Gasteiger partial charge in [0.25, 0.3) is 0 Å². The Morgan fingerprint density at radius 1 is 0.914 bits per heavy atom. The second kappa shape index (κ2) is 12.6. The van der Waals surface area contributed by atoms with Gasteiger partial charge >= 0.3 is 11.9 Å². The van der Waals surface area contributed by atoms with E-state index in [0.717, 1.165) is 36.8 Å². The first-order valence-electron chi connectivity index (χ1n) is 12.9. The van der Waals surface area contributed by atoms with Crippen LogP contribution in [0.25, 0.3) is 0 Å². The van der Waals surface area contributed by atoms with Crippen molar-refractivity contribution in [2.45, 2.75) is 45.4 Å². The molecule has 0 bridgehead atoms. The molecule has 192 valence electrons. The lowest BCUT2D eigenvalue weighted by Gasteiger charge is -2.28. The summed E-state index contributed by atoms with van der Waals surface area (Å²) < 4.78 is 22.7. The third kappa shape index (κ3) is 7.36. The van der Waals surface area contributed by atoms with Crippen LogP contribution in [-0.2, 0) is 25.5 Å². The quantitative estimate of drug-likeness (QED) is 0.315. The Balaban J connectivity index is 1.59. The smallest absolute Gasteiger partial charge is 0.325 e. The number of morpholine rings is 2. The fraction of sp³-hybridized carbons (Fsp3) is 0.630. The largest absolute Gasteiger partial charge is 0.425 e. The maximum absolute atomic E-state index is 12.9. The lowest BCUT2D eigenvalue weighted by Crippen LogP contribution is -2.41. The molecule has 1 atom stereocenters. The minimum Gasteiger partial charge on any atom is -0.425 e. The van der Waals surface area contributed by atoms with E-state index in [4.69, 9.17) is 18.9 Å². The molecule has 0 aromatic heterocycles. The summed E-state index contributed by atoms with van der Waals surface area (Å²) in [5.74, 6) is 0.444. The van der Waals surface area contributed by atoms with E-state index < -0.39 is 0 Å². The number of aryl methyl sites for hydroxylation is 1. The van der Waals surface area contributed by atoms with Crippen molar-refractivity contribution in [1.82, 2.24) is 9.80 Å². The van der Waals surface area contributed by atoms with E-state index in [1.165, 1.54) is 5.57 Å². The van der Waals surface area contributed by atoms with Crippen LogP contribution in [0.5, 0.6) is 11.5 Å². The van der Waals surface area contributed by atoms with E-state index in [-0.39, 0.29) is 30.9 Å². The molecule has 0 saturated carbocycles. The zero-order valence-electron chi connectivity index (χ0n) is 21.1. The van der Waals surface area contributed by atoms with Crippen molar-refractivity contribution < 1.29 is 28.5 Å². The molecule has 2 saturated heterocycles. The highest BCUT2D eigenvalue weighted by molar-refractivity contribution is 5.78. The summed E-state index contributed by atoms with van der Waals surface area (Å²) in [6.45, 7) is 9.95. The molecule has 3 aliphatic rings. The lowest BCUT2D eigenvalue weighted by molar-refractivity contribution is -0.137. The van der Waals surface area contributed by atoms with Crippen molar-refractivity contribution in [3.05, 3.63) is 34.9 Å². The minimum absolute atomic E-state index is 0.0343. The monoisotopic (exact) mass is 486 g/mol. The minimum atomic E-state index is -0.302. The van der Waals surface area contributed by atoms with Gasteiger partial charge in [-0.3, -0.25) is 19.4 Å². The van der Waals surface area contributed by atoms with Crippen molar-refractivity contribution in [2.24, 2.45) is 0 Å². The number of rotatable bonds is 8. The number of benzene rings is 1. The number of ether oxygens (including phenoxy) is 4. The van der Waals surface area contributed by atoms with Crippen molar-refractivity contribution in [1.29, 1.82) is 0 Å². The molecule has 2 aliphatic heterocycles. The van der Waals surface area contributed by atoms with E-state index in [1.54, 1.807) is 0 Å². The first-order valence-corrected chi connectivity index (χ1v) is 12.9. The second-order valence-corrected chi connectivity index (χ2v) is 9.60. The Labute approximate surface area is 208 Å². The number of nitrogens with zero attached hydrogens (tertiary/aromatic N) is 2. The molecule has 0 amide bonds. The molecule has 8 nitrogen and oxygen atoms in total. The van der Waals surface area contributed by atoms with Crippen molar-refractivity contribution in [3.63, 3.8) is 0 Å². The maximum atomic E-state index is 12.9. The highest BCUT2D eigenvalue weighted by atomic mass is 16.5. The molecule has 1 aromatic carbocycles. The van der Waals surface area contributed by atoms with Crippen LogP contribution in [-0.4, -0.2) is 87.4 Å². The molecular formula is C27H38N2O6. The van der Waals surface area contributed by atoms with E-state index in [9.17, 15) is 9.59 Å². The average molecular weight is 487 g/mol. The van der Waals surface area contributed by atoms with Crippen LogP contribution in [0.3, 0.4) is 0 Å². The van der Waals surface area contributed by atoms with Gasteiger partial charge in [-0.25, -0.2) is 0 Å². The zero-order valence-corrected chi connectivity index (χ0v) is 21.1. The Kier molecular flexibility index (Phi) is 9.31. The Morgan fingerprint density at radius 3 is 1.89 bits per heavy atom. The van der Waals surface area contributed by atoms with Gasteiger partial charge in [-0.2, -0.15) is 0 Å². The summed E-state index contributed by atoms with van der Waals surface area (Å²) in [5.41, 5.74) is 3.07. The Hall–Kier alpha value is -2.26. The third-order valence-corrected chi connectivity index (χ3v) is 6.88. The van der Waals surface area contributed by atoms with Crippen LogP contribution in [0.15, 0.2) is 23.8 Å². The number of hydrogen-bond donors (Lipinski definition) is 0. The Morgan fingerprint density at radius 2 is 1.43 bits per heavy atom. The van der Waals surface area contributed by atoms with E-state index in [0.29, 0.717) is 64.1 Å². The fourth-order valence-electron chi connectivity index (χ4n) is 4.93. The maximum Gasteiger partial charge on any atom is 0.325 e. The fourth-order valence-corrected chi connectivity index (χ4v) is 4.93. The van der Waals surface area contributed by atoms with E-state index in [1.807, 2.05) is 28.9 Å². The van der Waals surface area contributed by atoms with Crippen LogP contribution in [0.2, 0.25) is 0 Å². The van der Waals surface area contributed by atoms with Crippen LogP contribution < -0.4 is 9.47 Å². The van der Waals surface area contributed by atoms with E-state index >= 15 is 0 Å². The summed E-state index contributed by atoms with van der Waals surface area (Å²) in [6.07, 6.45) is 5.99. The number of carbonyl (C=O) groups is 2. The van der Waals surface area contributed by atoms with E-state index in [2.05, 4.69) is 13.0 Å². The van der Waals surface area contributed by atoms with Crippen molar-refractivity contribution in [2.75, 3.05) is 65.7 Å². The van der Waals surface area contributed by atoms with Gasteiger partial charge in [0.2, 0.25) is 0 Å². The molecule has 1 unspecified atom stereocenters. The van der Waals surface area contributed by atoms with Gasteiger partial charge in [-0.05, 0) is 50.3 Å². The molecule has 4 rings (SSSR count). The van der Waals surface area contributed by atoms with Crippen LogP contribution in [0.1, 0.15) is 50.2 Å².